The predicted molar refractivity (Wildman–Crippen MR) is 84.8 cm³/mol. The summed E-state index contributed by atoms with van der Waals surface area (Å²) in [6.07, 6.45) is 3.22. The topological polar surface area (TPSA) is 56.9 Å². The van der Waals surface area contributed by atoms with Gasteiger partial charge in [0.2, 0.25) is 5.91 Å². The first-order valence-electron chi connectivity index (χ1n) is 7.00. The zero-order valence-electron chi connectivity index (χ0n) is 12.4. The molecule has 1 saturated heterocycles. The maximum Gasteiger partial charge on any atom is 0.246 e. The molecule has 6 heteroatoms. The van der Waals surface area contributed by atoms with Crippen LogP contribution in [0.4, 0.5) is 0 Å². The Balaban J connectivity index is 1.82. The zero-order chi connectivity index (χ0) is 15.5. The quantitative estimate of drug-likeness (QED) is 0.838. The molecule has 0 unspecified atom stereocenters. The summed E-state index contributed by atoms with van der Waals surface area (Å²) in [6, 6.07) is 3.59. The van der Waals surface area contributed by atoms with Crippen LogP contribution in [0.25, 0.3) is 6.08 Å². The minimum Gasteiger partial charge on any atom is -0.450 e. The number of carbonyl (C=O) groups is 1. The van der Waals surface area contributed by atoms with Crippen LogP contribution in [0.2, 0.25) is 0 Å². The number of nitrogens with zero attached hydrogens (tertiary/aromatic N) is 2. The van der Waals surface area contributed by atoms with Gasteiger partial charge < -0.3 is 14.4 Å². The Morgan fingerprint density at radius 1 is 1.38 bits per heavy atom. The van der Waals surface area contributed by atoms with Gasteiger partial charge in [0.05, 0.1) is 5.60 Å². The van der Waals surface area contributed by atoms with Gasteiger partial charge in [0.15, 0.2) is 4.67 Å². The minimum atomic E-state index is -0.696. The fourth-order valence-electron chi connectivity index (χ4n) is 2.35. The van der Waals surface area contributed by atoms with Gasteiger partial charge in [-0.1, -0.05) is 0 Å². The third-order valence-electron chi connectivity index (χ3n) is 3.28. The number of aliphatic hydroxyl groups is 1. The molecular formula is C15H21BrN2O3. The van der Waals surface area contributed by atoms with Crippen molar-refractivity contribution in [1.82, 2.24) is 9.80 Å². The number of β-amino-alcohol motifs (C(OH)–C–C–N with tert-alkyl or cyclic N) is 1. The van der Waals surface area contributed by atoms with Crippen LogP contribution in [0.1, 0.15) is 19.6 Å². The molecule has 5 nitrogen and oxygen atoms in total. The van der Waals surface area contributed by atoms with Gasteiger partial charge in [-0.05, 0) is 48.0 Å². The van der Waals surface area contributed by atoms with Gasteiger partial charge in [0, 0.05) is 38.8 Å². The normalized spacial score (nSPS) is 17.6. The molecule has 21 heavy (non-hydrogen) atoms. The molecule has 1 N–H and O–H groups in total. The van der Waals surface area contributed by atoms with Crippen molar-refractivity contribution in [3.63, 3.8) is 0 Å². The first-order valence-corrected chi connectivity index (χ1v) is 7.80. The van der Waals surface area contributed by atoms with Crippen LogP contribution in [0.3, 0.4) is 0 Å². The number of furan rings is 1. The van der Waals surface area contributed by atoms with Crippen LogP contribution in [-0.4, -0.2) is 59.1 Å². The molecule has 1 aliphatic rings. The van der Waals surface area contributed by atoms with E-state index in [2.05, 4.69) is 20.8 Å². The Labute approximate surface area is 133 Å². The smallest absolute Gasteiger partial charge is 0.246 e. The van der Waals surface area contributed by atoms with E-state index in [4.69, 9.17) is 4.42 Å². The maximum absolute atomic E-state index is 12.1. The summed E-state index contributed by atoms with van der Waals surface area (Å²) in [5, 5.41) is 9.81. The maximum atomic E-state index is 12.1. The van der Waals surface area contributed by atoms with E-state index in [1.165, 1.54) is 6.08 Å². The van der Waals surface area contributed by atoms with Gasteiger partial charge in [-0.15, -0.1) is 0 Å². The highest BCUT2D eigenvalue weighted by molar-refractivity contribution is 9.10. The van der Waals surface area contributed by atoms with Crippen LogP contribution in [-0.2, 0) is 4.79 Å². The number of hydrogen-bond donors (Lipinski definition) is 1. The average Bonchev–Trinajstić information content (AvgIpc) is 2.81. The highest BCUT2D eigenvalue weighted by Crippen LogP contribution is 2.15. The van der Waals surface area contributed by atoms with Crippen LogP contribution in [0, 0.1) is 0 Å². The number of carbonyl (C=O) groups excluding carboxylic acids is 1. The Hall–Kier alpha value is -1.11. The molecule has 0 atom stereocenters. The number of amides is 1. The lowest BCUT2D eigenvalue weighted by Gasteiger charge is -2.36. The van der Waals surface area contributed by atoms with Crippen molar-refractivity contribution in [2.24, 2.45) is 0 Å². The second kappa shape index (κ2) is 6.77. The molecule has 0 bridgehead atoms. The Bertz CT molecular complexity index is 511. The SMILES string of the molecule is CC(C)(O)CN1CCN(C(=O)C=Cc2ccc(Br)o2)CC1. The number of piperazine rings is 1. The van der Waals surface area contributed by atoms with E-state index in [1.807, 2.05) is 4.90 Å². The van der Waals surface area contributed by atoms with Gasteiger partial charge in [0.25, 0.3) is 0 Å². The van der Waals surface area contributed by atoms with Gasteiger partial charge in [-0.3, -0.25) is 9.69 Å². The molecule has 0 radical (unpaired) electrons. The molecule has 1 aliphatic heterocycles. The van der Waals surface area contributed by atoms with Gasteiger partial charge in [0.1, 0.15) is 5.76 Å². The number of hydrogen-bond acceptors (Lipinski definition) is 4. The van der Waals surface area contributed by atoms with Crippen molar-refractivity contribution in [3.8, 4) is 0 Å². The van der Waals surface area contributed by atoms with Crippen LogP contribution >= 0.6 is 15.9 Å². The van der Waals surface area contributed by atoms with Gasteiger partial charge >= 0.3 is 0 Å². The molecule has 2 rings (SSSR count). The van der Waals surface area contributed by atoms with E-state index in [-0.39, 0.29) is 5.91 Å². The first kappa shape index (κ1) is 16.3. The average molecular weight is 357 g/mol. The van der Waals surface area contributed by atoms with E-state index in [0.717, 1.165) is 13.1 Å². The summed E-state index contributed by atoms with van der Waals surface area (Å²) in [5.41, 5.74) is -0.696. The van der Waals surface area contributed by atoms with E-state index in [9.17, 15) is 9.90 Å². The lowest BCUT2D eigenvalue weighted by molar-refractivity contribution is -0.128. The zero-order valence-corrected chi connectivity index (χ0v) is 14.0. The fraction of sp³-hybridized carbons (Fsp3) is 0.533. The molecular weight excluding hydrogens is 336 g/mol. The van der Waals surface area contributed by atoms with Gasteiger partial charge in [-0.2, -0.15) is 0 Å². The van der Waals surface area contributed by atoms with E-state index in [1.54, 1.807) is 32.1 Å². The highest BCUT2D eigenvalue weighted by Gasteiger charge is 2.24. The lowest BCUT2D eigenvalue weighted by atomic mass is 10.1. The van der Waals surface area contributed by atoms with Crippen molar-refractivity contribution in [2.45, 2.75) is 19.4 Å². The van der Waals surface area contributed by atoms with Crippen molar-refractivity contribution in [2.75, 3.05) is 32.7 Å². The van der Waals surface area contributed by atoms with Crippen molar-refractivity contribution in [3.05, 3.63) is 28.6 Å². The molecule has 0 spiro atoms. The van der Waals surface area contributed by atoms with Crippen LogP contribution in [0.5, 0.6) is 0 Å². The van der Waals surface area contributed by atoms with Gasteiger partial charge in [-0.25, -0.2) is 0 Å². The summed E-state index contributed by atoms with van der Waals surface area (Å²) >= 11 is 3.22. The van der Waals surface area contributed by atoms with E-state index < -0.39 is 5.60 Å². The second-order valence-corrected chi connectivity index (χ2v) is 6.67. The molecule has 1 aromatic heterocycles. The molecule has 116 valence electrons. The van der Waals surface area contributed by atoms with Crippen LogP contribution < -0.4 is 0 Å². The second-order valence-electron chi connectivity index (χ2n) is 5.89. The molecule has 2 heterocycles. The van der Waals surface area contributed by atoms with Crippen LogP contribution in [0.15, 0.2) is 27.3 Å². The summed E-state index contributed by atoms with van der Waals surface area (Å²) in [4.78, 5) is 16.1. The molecule has 1 amide bonds. The van der Waals surface area contributed by atoms with Crippen molar-refractivity contribution < 1.29 is 14.3 Å². The number of rotatable bonds is 4. The predicted octanol–water partition coefficient (Wildman–Crippen LogP) is 1.97. The molecule has 1 fully saturated rings. The molecule has 1 aromatic rings. The molecule has 0 aromatic carbocycles. The Morgan fingerprint density at radius 2 is 2.05 bits per heavy atom. The standard InChI is InChI=1S/C15H21BrN2O3/c1-15(2,20)11-17-7-9-18(10-8-17)14(19)6-4-12-3-5-13(16)21-12/h3-6,20H,7-11H2,1-2H3. The largest absolute Gasteiger partial charge is 0.450 e. The summed E-state index contributed by atoms with van der Waals surface area (Å²) in [6.45, 7) is 7.17. The molecule has 0 saturated carbocycles. The van der Waals surface area contributed by atoms with Crippen molar-refractivity contribution >= 4 is 27.9 Å². The fourth-order valence-corrected chi connectivity index (χ4v) is 2.67. The Kier molecular flexibility index (Phi) is 5.24. The summed E-state index contributed by atoms with van der Waals surface area (Å²) in [5.74, 6) is 0.640. The lowest BCUT2D eigenvalue weighted by Crippen LogP contribution is -2.51. The third-order valence-corrected chi connectivity index (χ3v) is 3.70. The summed E-state index contributed by atoms with van der Waals surface area (Å²) in [7, 11) is 0. The third kappa shape index (κ3) is 5.30. The number of halogens is 1. The van der Waals surface area contributed by atoms with Crippen molar-refractivity contribution in [1.29, 1.82) is 0 Å². The first-order chi connectivity index (χ1) is 9.83. The monoisotopic (exact) mass is 356 g/mol. The van der Waals surface area contributed by atoms with E-state index in [0.29, 0.717) is 30.1 Å². The van der Waals surface area contributed by atoms with E-state index >= 15 is 0 Å². The Morgan fingerprint density at radius 3 is 2.57 bits per heavy atom. The highest BCUT2D eigenvalue weighted by atomic mass is 79.9. The summed E-state index contributed by atoms with van der Waals surface area (Å²) < 4.78 is 5.96. The minimum absolute atomic E-state index is 0.00886. The molecule has 0 aliphatic carbocycles.